The number of phenolic OH excluding ortho intramolecular Hbond substituents is 1. The molecule has 2 aromatic rings. The highest BCUT2D eigenvalue weighted by Crippen LogP contribution is 2.42. The van der Waals surface area contributed by atoms with Crippen LogP contribution < -0.4 is 4.74 Å². The number of carbonyl (C=O) groups is 1. The highest BCUT2D eigenvalue weighted by atomic mass is 16.5. The van der Waals surface area contributed by atoms with Gasteiger partial charge in [-0.1, -0.05) is 18.2 Å². The van der Waals surface area contributed by atoms with Gasteiger partial charge in [0.15, 0.2) is 17.8 Å². The van der Waals surface area contributed by atoms with E-state index >= 15 is 0 Å². The van der Waals surface area contributed by atoms with E-state index in [0.29, 0.717) is 39.9 Å². The van der Waals surface area contributed by atoms with Crippen LogP contribution in [0.25, 0.3) is 11.1 Å². The summed E-state index contributed by atoms with van der Waals surface area (Å²) in [6.07, 6.45) is 0.662. The molecule has 1 N–H and O–H groups in total. The van der Waals surface area contributed by atoms with Gasteiger partial charge in [0.05, 0.1) is 18.7 Å². The third-order valence-electron chi connectivity index (χ3n) is 3.12. The maximum Gasteiger partial charge on any atom is 0.166 e. The Kier molecular flexibility index (Phi) is 3.72. The molecule has 0 saturated carbocycles. The Hall–Kier alpha value is -2.80. The van der Waals surface area contributed by atoms with Crippen molar-refractivity contribution in [1.82, 2.24) is 0 Å². The molecule has 2 aromatic carbocycles. The van der Waals surface area contributed by atoms with Gasteiger partial charge in [-0.3, -0.25) is 4.79 Å². The molecule has 0 heterocycles. The van der Waals surface area contributed by atoms with Gasteiger partial charge in [-0.2, -0.15) is 5.26 Å². The average molecular weight is 267 g/mol. The Morgan fingerprint density at radius 2 is 2.05 bits per heavy atom. The van der Waals surface area contributed by atoms with Crippen molar-refractivity contribution in [3.8, 4) is 28.7 Å². The largest absolute Gasteiger partial charge is 0.504 e. The number of hydrogen-bond acceptors (Lipinski definition) is 4. The predicted octanol–water partition coefficient (Wildman–Crippen LogP) is 3.06. The Morgan fingerprint density at radius 1 is 1.35 bits per heavy atom. The summed E-state index contributed by atoms with van der Waals surface area (Å²) in [6.45, 7) is 1.74. The monoisotopic (exact) mass is 267 g/mol. The van der Waals surface area contributed by atoms with Crippen LogP contribution in [0.5, 0.6) is 11.5 Å². The van der Waals surface area contributed by atoms with Crippen molar-refractivity contribution in [2.45, 2.75) is 6.92 Å². The lowest BCUT2D eigenvalue weighted by atomic mass is 9.93. The molecule has 0 aliphatic carbocycles. The molecule has 0 atom stereocenters. The summed E-state index contributed by atoms with van der Waals surface area (Å²) in [5, 5.41) is 19.5. The van der Waals surface area contributed by atoms with Crippen molar-refractivity contribution < 1.29 is 14.6 Å². The third kappa shape index (κ3) is 2.10. The maximum absolute atomic E-state index is 11.3. The molecular formula is C16H13NO3. The molecule has 0 bridgehead atoms. The van der Waals surface area contributed by atoms with E-state index < -0.39 is 0 Å². The summed E-state index contributed by atoms with van der Waals surface area (Å²) in [6, 6.07) is 10.5. The maximum atomic E-state index is 11.3. The highest BCUT2D eigenvalue weighted by Gasteiger charge is 2.19. The number of benzene rings is 2. The number of methoxy groups -OCH3 is 1. The van der Waals surface area contributed by atoms with Crippen LogP contribution in [0, 0.1) is 18.3 Å². The Labute approximate surface area is 116 Å². The average Bonchev–Trinajstić information content (AvgIpc) is 2.47. The van der Waals surface area contributed by atoms with E-state index in [2.05, 4.69) is 6.07 Å². The number of hydrogen-bond donors (Lipinski definition) is 1. The van der Waals surface area contributed by atoms with E-state index in [1.54, 1.807) is 37.3 Å². The highest BCUT2D eigenvalue weighted by molar-refractivity contribution is 5.94. The fraction of sp³-hybridized carbons (Fsp3) is 0.125. The number of phenols is 1. The van der Waals surface area contributed by atoms with E-state index in [1.165, 1.54) is 7.11 Å². The van der Waals surface area contributed by atoms with Crippen LogP contribution in [0.1, 0.15) is 21.5 Å². The van der Waals surface area contributed by atoms with E-state index in [1.807, 2.05) is 0 Å². The summed E-state index contributed by atoms with van der Waals surface area (Å²) in [5.74, 6) is 0.177. The number of nitrogens with zero attached hydrogens (tertiary/aromatic N) is 1. The summed E-state index contributed by atoms with van der Waals surface area (Å²) in [4.78, 5) is 11.3. The van der Waals surface area contributed by atoms with Crippen molar-refractivity contribution in [3.63, 3.8) is 0 Å². The Morgan fingerprint density at radius 3 is 2.65 bits per heavy atom. The second-order valence-electron chi connectivity index (χ2n) is 4.31. The van der Waals surface area contributed by atoms with Gasteiger partial charge in [0, 0.05) is 16.7 Å². The van der Waals surface area contributed by atoms with Crippen molar-refractivity contribution in [3.05, 3.63) is 47.0 Å². The van der Waals surface area contributed by atoms with Gasteiger partial charge in [-0.15, -0.1) is 0 Å². The van der Waals surface area contributed by atoms with E-state index in [-0.39, 0.29) is 5.75 Å². The summed E-state index contributed by atoms with van der Waals surface area (Å²) in [5.41, 5.74) is 2.19. The molecule has 20 heavy (non-hydrogen) atoms. The minimum Gasteiger partial charge on any atom is -0.504 e. The van der Waals surface area contributed by atoms with Crippen LogP contribution >= 0.6 is 0 Å². The fourth-order valence-electron chi connectivity index (χ4n) is 2.24. The molecule has 0 unspecified atom stereocenters. The van der Waals surface area contributed by atoms with Crippen molar-refractivity contribution in [2.75, 3.05) is 7.11 Å². The number of aromatic hydroxyl groups is 1. The summed E-state index contributed by atoms with van der Waals surface area (Å²) < 4.78 is 5.16. The van der Waals surface area contributed by atoms with Gasteiger partial charge in [0.25, 0.3) is 0 Å². The number of nitriles is 1. The smallest absolute Gasteiger partial charge is 0.166 e. The molecule has 4 nitrogen and oxygen atoms in total. The summed E-state index contributed by atoms with van der Waals surface area (Å²) >= 11 is 0. The SMILES string of the molecule is COc1c(C)cc(C=O)c(-c2ccccc2C#N)c1O. The molecule has 0 aliphatic rings. The zero-order chi connectivity index (χ0) is 14.7. The second-order valence-corrected chi connectivity index (χ2v) is 4.31. The fourth-order valence-corrected chi connectivity index (χ4v) is 2.24. The van der Waals surface area contributed by atoms with Crippen LogP contribution in [0.3, 0.4) is 0 Å². The first-order valence-electron chi connectivity index (χ1n) is 5.99. The van der Waals surface area contributed by atoms with Crippen LogP contribution in [0.2, 0.25) is 0 Å². The minimum atomic E-state index is -0.127. The third-order valence-corrected chi connectivity index (χ3v) is 3.12. The van der Waals surface area contributed by atoms with Crippen molar-refractivity contribution >= 4 is 6.29 Å². The van der Waals surface area contributed by atoms with Gasteiger partial charge in [-0.05, 0) is 24.6 Å². The molecule has 0 aromatic heterocycles. The van der Waals surface area contributed by atoms with Crippen molar-refractivity contribution in [1.29, 1.82) is 5.26 Å². The minimum absolute atomic E-state index is 0.127. The zero-order valence-electron chi connectivity index (χ0n) is 11.2. The van der Waals surface area contributed by atoms with E-state index in [4.69, 9.17) is 10.00 Å². The lowest BCUT2D eigenvalue weighted by Gasteiger charge is -2.15. The Bertz CT molecular complexity index is 714. The normalized spacial score (nSPS) is 9.85. The van der Waals surface area contributed by atoms with Crippen LogP contribution in [0.4, 0.5) is 0 Å². The lowest BCUT2D eigenvalue weighted by Crippen LogP contribution is -1.97. The lowest BCUT2D eigenvalue weighted by molar-refractivity contribution is 0.112. The van der Waals surface area contributed by atoms with E-state index in [0.717, 1.165) is 0 Å². The first-order chi connectivity index (χ1) is 9.63. The molecular weight excluding hydrogens is 254 g/mol. The first kappa shape index (κ1) is 13.6. The van der Waals surface area contributed by atoms with Gasteiger partial charge in [-0.25, -0.2) is 0 Å². The molecule has 0 fully saturated rings. The molecule has 0 spiro atoms. The molecule has 0 aliphatic heterocycles. The topological polar surface area (TPSA) is 70.3 Å². The molecule has 4 heteroatoms. The van der Waals surface area contributed by atoms with Crippen LogP contribution in [0.15, 0.2) is 30.3 Å². The van der Waals surface area contributed by atoms with Crippen LogP contribution in [-0.4, -0.2) is 18.5 Å². The number of ether oxygens (including phenoxy) is 1. The van der Waals surface area contributed by atoms with Gasteiger partial charge >= 0.3 is 0 Å². The quantitative estimate of drug-likeness (QED) is 0.867. The zero-order valence-corrected chi connectivity index (χ0v) is 11.2. The summed E-state index contributed by atoms with van der Waals surface area (Å²) in [7, 11) is 1.45. The molecule has 100 valence electrons. The van der Waals surface area contributed by atoms with Crippen LogP contribution in [-0.2, 0) is 0 Å². The number of aryl methyl sites for hydroxylation is 1. The predicted molar refractivity (Wildman–Crippen MR) is 74.9 cm³/mol. The van der Waals surface area contributed by atoms with Crippen molar-refractivity contribution in [2.24, 2.45) is 0 Å². The standard InChI is InChI=1S/C16H13NO3/c1-10-7-12(9-18)14(15(19)16(10)20-2)13-6-4-3-5-11(13)8-17/h3-7,9,19H,1-2H3. The molecule has 2 rings (SSSR count). The molecule has 0 radical (unpaired) electrons. The number of rotatable bonds is 3. The van der Waals surface area contributed by atoms with Gasteiger partial charge in [0.2, 0.25) is 0 Å². The number of carbonyl (C=O) groups excluding carboxylic acids is 1. The first-order valence-corrected chi connectivity index (χ1v) is 5.99. The Balaban J connectivity index is 2.86. The number of aldehydes is 1. The second kappa shape index (κ2) is 5.45. The molecule has 0 amide bonds. The van der Waals surface area contributed by atoms with Gasteiger partial charge < -0.3 is 9.84 Å². The van der Waals surface area contributed by atoms with Gasteiger partial charge in [0.1, 0.15) is 0 Å². The molecule has 0 saturated heterocycles. The van der Waals surface area contributed by atoms with E-state index in [9.17, 15) is 9.90 Å².